The molecule has 4 aromatic carbocycles. The number of hydrogen-bond acceptors (Lipinski definition) is 7. The number of carbonyl (C=O) groups is 1. The van der Waals surface area contributed by atoms with E-state index in [1.165, 1.54) is 24.3 Å². The summed E-state index contributed by atoms with van der Waals surface area (Å²) in [5.74, 6) is -0.998. The van der Waals surface area contributed by atoms with Gasteiger partial charge < -0.3 is 15.2 Å². The standard InChI is InChI=1S/C27H23Cl2N3O6S.Na/c1-3-15-11-21(29)26(39(35,36)37)22(12-15)31-32-24-18-8-6-5-7-16(18)13-19(25(24)33)27(34)30-17-9-10-23(38-4-2)20(28)14-17;/h5-14,33H,3-4H2,1-2H3,(H,30,34)(H,35,36,37);/q;+1/p-1. The third kappa shape index (κ3) is 6.95. The Hall–Kier alpha value is -2.70. The number of ether oxygens (including phenoxy) is 1. The predicted molar refractivity (Wildman–Crippen MR) is 149 cm³/mol. The van der Waals surface area contributed by atoms with Gasteiger partial charge >= 0.3 is 29.6 Å². The maximum absolute atomic E-state index is 13.5. The molecule has 0 aliphatic heterocycles. The molecular formula is C27H22Cl2N3NaO6S. The molecule has 9 nitrogen and oxygen atoms in total. The van der Waals surface area contributed by atoms with E-state index < -0.39 is 26.7 Å². The van der Waals surface area contributed by atoms with Crippen LogP contribution in [0.15, 0.2) is 75.8 Å². The maximum atomic E-state index is 13.5. The third-order valence-electron chi connectivity index (χ3n) is 5.72. The zero-order valence-corrected chi connectivity index (χ0v) is 26.1. The van der Waals surface area contributed by atoms with Gasteiger partial charge in [-0.3, -0.25) is 9.35 Å². The Morgan fingerprint density at radius 1 is 1.02 bits per heavy atom. The fourth-order valence-electron chi connectivity index (χ4n) is 3.90. The van der Waals surface area contributed by atoms with Crippen molar-refractivity contribution in [2.24, 2.45) is 10.2 Å². The van der Waals surface area contributed by atoms with Crippen molar-refractivity contribution < 1.29 is 57.2 Å². The number of halogens is 2. The number of hydrogen-bond donors (Lipinski definition) is 2. The van der Waals surface area contributed by atoms with Gasteiger partial charge in [-0.1, -0.05) is 60.1 Å². The largest absolute Gasteiger partial charge is 1.00 e. The predicted octanol–water partition coefficient (Wildman–Crippen LogP) is 4.10. The molecule has 0 aromatic heterocycles. The maximum Gasteiger partial charge on any atom is 1.00 e. The summed E-state index contributed by atoms with van der Waals surface area (Å²) in [5.41, 5.74) is 0.318. The number of nitrogens with one attached hydrogen (secondary N) is 1. The Morgan fingerprint density at radius 3 is 2.40 bits per heavy atom. The molecule has 0 bridgehead atoms. The Kier molecular flexibility index (Phi) is 10.6. The molecule has 0 fully saturated rings. The molecular weight excluding hydrogens is 588 g/mol. The van der Waals surface area contributed by atoms with Gasteiger partial charge in [-0.2, -0.15) is 13.5 Å². The van der Waals surface area contributed by atoms with Crippen molar-refractivity contribution in [2.75, 3.05) is 11.9 Å². The summed E-state index contributed by atoms with van der Waals surface area (Å²) in [4.78, 5) is 12.5. The average Bonchev–Trinajstić information content (AvgIpc) is 2.88. The average molecular weight is 610 g/mol. The SMILES string of the molecule is CCOc1ccc(NC(=O)c2cc3ccccc3c(N=Nc3cc(CC)cc(Cl)c3S(=O)(=O)O)c2[O-])cc1Cl.[Na+]. The third-order valence-corrected chi connectivity index (χ3v) is 7.37. The molecule has 40 heavy (non-hydrogen) atoms. The minimum atomic E-state index is -4.76. The van der Waals surface area contributed by atoms with Crippen LogP contribution in [0.5, 0.6) is 11.5 Å². The molecule has 0 unspecified atom stereocenters. The molecule has 0 atom stereocenters. The second kappa shape index (κ2) is 13.3. The van der Waals surface area contributed by atoms with Gasteiger partial charge in [-0.15, -0.1) is 5.11 Å². The van der Waals surface area contributed by atoms with E-state index in [1.807, 2.05) is 13.8 Å². The molecule has 2 N–H and O–H groups in total. The van der Waals surface area contributed by atoms with Crippen molar-refractivity contribution in [3.05, 3.63) is 81.8 Å². The van der Waals surface area contributed by atoms with Gasteiger partial charge in [0, 0.05) is 16.6 Å². The first-order valence-corrected chi connectivity index (χ1v) is 13.9. The topological polar surface area (TPSA) is 140 Å². The van der Waals surface area contributed by atoms with E-state index in [9.17, 15) is 22.9 Å². The summed E-state index contributed by atoms with van der Waals surface area (Å²) in [5, 5.41) is 25.1. The van der Waals surface area contributed by atoms with Crippen LogP contribution in [0.25, 0.3) is 10.8 Å². The van der Waals surface area contributed by atoms with E-state index in [4.69, 9.17) is 27.9 Å². The molecule has 0 heterocycles. The van der Waals surface area contributed by atoms with E-state index >= 15 is 0 Å². The summed E-state index contributed by atoms with van der Waals surface area (Å²) in [6.45, 7) is 4.05. The van der Waals surface area contributed by atoms with Crippen LogP contribution in [-0.4, -0.2) is 25.5 Å². The van der Waals surface area contributed by atoms with Crippen molar-refractivity contribution >= 4 is 67.1 Å². The van der Waals surface area contributed by atoms with Gasteiger partial charge in [0.2, 0.25) is 0 Å². The van der Waals surface area contributed by atoms with Crippen molar-refractivity contribution in [3.8, 4) is 11.5 Å². The monoisotopic (exact) mass is 609 g/mol. The molecule has 0 saturated carbocycles. The molecule has 1 amide bonds. The van der Waals surface area contributed by atoms with Crippen LogP contribution < -0.4 is 44.7 Å². The van der Waals surface area contributed by atoms with Gasteiger partial charge in [0.1, 0.15) is 16.3 Å². The fourth-order valence-corrected chi connectivity index (χ4v) is 5.33. The van der Waals surface area contributed by atoms with Crippen LogP contribution in [0.4, 0.5) is 17.1 Å². The molecule has 0 radical (unpaired) electrons. The smallest absolute Gasteiger partial charge is 0.870 e. The van der Waals surface area contributed by atoms with Crippen molar-refractivity contribution in [2.45, 2.75) is 25.2 Å². The molecule has 13 heteroatoms. The number of azo groups is 1. The molecule has 0 saturated heterocycles. The van der Waals surface area contributed by atoms with E-state index in [2.05, 4.69) is 15.5 Å². The Labute approximate surface area is 263 Å². The van der Waals surface area contributed by atoms with E-state index in [-0.39, 0.29) is 56.5 Å². The zero-order chi connectivity index (χ0) is 28.3. The van der Waals surface area contributed by atoms with E-state index in [0.717, 1.165) is 0 Å². The second-order valence-electron chi connectivity index (χ2n) is 8.31. The Bertz CT molecular complexity index is 1730. The number of anilines is 1. The summed E-state index contributed by atoms with van der Waals surface area (Å²) in [6, 6.07) is 15.6. The number of carbonyl (C=O) groups excluding carboxylic acids is 1. The Balaban J connectivity index is 0.00000441. The van der Waals surface area contributed by atoms with Crippen LogP contribution in [0.2, 0.25) is 10.0 Å². The number of fused-ring (bicyclic) bond motifs is 1. The molecule has 0 aliphatic carbocycles. The summed E-state index contributed by atoms with van der Waals surface area (Å²) in [6.07, 6.45) is 0.495. The van der Waals surface area contributed by atoms with Gasteiger partial charge in [0.25, 0.3) is 16.0 Å². The van der Waals surface area contributed by atoms with E-state index in [1.54, 1.807) is 36.4 Å². The first-order valence-electron chi connectivity index (χ1n) is 11.7. The number of benzene rings is 4. The quantitative estimate of drug-likeness (QED) is 0.175. The van der Waals surface area contributed by atoms with Crippen LogP contribution in [0.1, 0.15) is 29.8 Å². The van der Waals surface area contributed by atoms with Crippen molar-refractivity contribution in [3.63, 3.8) is 0 Å². The summed E-state index contributed by atoms with van der Waals surface area (Å²) < 4.78 is 39.1. The second-order valence-corrected chi connectivity index (χ2v) is 10.5. The van der Waals surface area contributed by atoms with Gasteiger partial charge in [-0.05, 0) is 60.7 Å². The van der Waals surface area contributed by atoms with Crippen LogP contribution in [0, 0.1) is 0 Å². The van der Waals surface area contributed by atoms with Gasteiger partial charge in [0.05, 0.1) is 22.3 Å². The minimum absolute atomic E-state index is 0. The number of aryl methyl sites for hydroxylation is 1. The number of rotatable bonds is 8. The van der Waals surface area contributed by atoms with Crippen LogP contribution in [-0.2, 0) is 16.5 Å². The first-order chi connectivity index (χ1) is 18.5. The van der Waals surface area contributed by atoms with Gasteiger partial charge in [-0.25, -0.2) is 0 Å². The zero-order valence-electron chi connectivity index (χ0n) is 21.7. The van der Waals surface area contributed by atoms with E-state index in [0.29, 0.717) is 40.8 Å². The normalized spacial score (nSPS) is 11.4. The Morgan fingerprint density at radius 2 is 1.75 bits per heavy atom. The van der Waals surface area contributed by atoms with Crippen molar-refractivity contribution in [1.29, 1.82) is 0 Å². The van der Waals surface area contributed by atoms with Gasteiger partial charge in [0.15, 0.2) is 0 Å². The number of nitrogens with zero attached hydrogens (tertiary/aromatic N) is 2. The molecule has 0 aliphatic rings. The first kappa shape index (κ1) is 31.8. The minimum Gasteiger partial charge on any atom is -0.870 e. The fraction of sp³-hybridized carbons (Fsp3) is 0.148. The van der Waals surface area contributed by atoms with Crippen molar-refractivity contribution in [1.82, 2.24) is 0 Å². The number of amides is 1. The summed E-state index contributed by atoms with van der Waals surface area (Å²) in [7, 11) is -4.76. The molecule has 0 spiro atoms. The molecule has 4 aromatic rings. The molecule has 202 valence electrons. The van der Waals surface area contributed by atoms with Crippen LogP contribution in [0.3, 0.4) is 0 Å². The molecule has 4 rings (SSSR count). The summed E-state index contributed by atoms with van der Waals surface area (Å²) >= 11 is 12.3. The van der Waals surface area contributed by atoms with Crippen LogP contribution >= 0.6 is 23.2 Å².